The van der Waals surface area contributed by atoms with Gasteiger partial charge in [-0.25, -0.2) is 24.1 Å². The van der Waals surface area contributed by atoms with E-state index in [2.05, 4.69) is 25.3 Å². The molecule has 0 saturated carbocycles. The summed E-state index contributed by atoms with van der Waals surface area (Å²) in [5.74, 6) is 1.15. The number of rotatable bonds is 5. The SMILES string of the molecule is Cc1cc(-c2cnc(C(C)Nc3nccc(N4CCOC4=O)n3)nc2)ccc1F. The first kappa shape index (κ1) is 18.7. The normalized spacial score (nSPS) is 14.6. The standard InChI is InChI=1S/C20H19FN6O2/c1-12-9-14(3-4-16(12)21)15-10-23-18(24-11-15)13(2)25-19-22-6-5-17(26-19)27-7-8-29-20(27)28/h3-6,9-11,13H,7-8H2,1-2H3,(H,22,25,26). The second kappa shape index (κ2) is 7.78. The third-order valence-electron chi connectivity index (χ3n) is 4.57. The van der Waals surface area contributed by atoms with Crippen LogP contribution in [0.4, 0.5) is 21.0 Å². The van der Waals surface area contributed by atoms with Crippen molar-refractivity contribution in [3.8, 4) is 11.1 Å². The number of aryl methyl sites for hydroxylation is 1. The highest BCUT2D eigenvalue weighted by Gasteiger charge is 2.25. The lowest BCUT2D eigenvalue weighted by Crippen LogP contribution is -2.25. The number of nitrogens with one attached hydrogen (secondary N) is 1. The molecule has 1 saturated heterocycles. The maximum Gasteiger partial charge on any atom is 0.415 e. The molecular formula is C20H19FN6O2. The third-order valence-corrected chi connectivity index (χ3v) is 4.57. The molecule has 8 nitrogen and oxygen atoms in total. The zero-order valence-electron chi connectivity index (χ0n) is 16.0. The number of anilines is 2. The van der Waals surface area contributed by atoms with Gasteiger partial charge in [-0.1, -0.05) is 6.07 Å². The van der Waals surface area contributed by atoms with Crippen LogP contribution in [-0.2, 0) is 4.74 Å². The largest absolute Gasteiger partial charge is 0.447 e. The highest BCUT2D eigenvalue weighted by molar-refractivity contribution is 5.88. The van der Waals surface area contributed by atoms with Crippen molar-refractivity contribution < 1.29 is 13.9 Å². The topological polar surface area (TPSA) is 93.1 Å². The smallest absolute Gasteiger partial charge is 0.415 e. The molecule has 29 heavy (non-hydrogen) atoms. The summed E-state index contributed by atoms with van der Waals surface area (Å²) < 4.78 is 18.4. The summed E-state index contributed by atoms with van der Waals surface area (Å²) in [6, 6.07) is 6.28. The molecular weight excluding hydrogens is 375 g/mol. The minimum Gasteiger partial charge on any atom is -0.447 e. The molecule has 2 aromatic heterocycles. The molecule has 3 heterocycles. The van der Waals surface area contributed by atoms with Gasteiger partial charge < -0.3 is 10.1 Å². The number of benzene rings is 1. The van der Waals surface area contributed by atoms with E-state index in [0.29, 0.717) is 36.3 Å². The molecule has 1 unspecified atom stereocenters. The van der Waals surface area contributed by atoms with E-state index in [1.165, 1.54) is 11.0 Å². The van der Waals surface area contributed by atoms with Gasteiger partial charge in [0.25, 0.3) is 0 Å². The molecule has 1 aromatic carbocycles. The van der Waals surface area contributed by atoms with Gasteiger partial charge in [-0.15, -0.1) is 0 Å². The summed E-state index contributed by atoms with van der Waals surface area (Å²) >= 11 is 0. The zero-order chi connectivity index (χ0) is 20.4. The number of nitrogens with zero attached hydrogens (tertiary/aromatic N) is 5. The quantitative estimate of drug-likeness (QED) is 0.708. The molecule has 0 aliphatic carbocycles. The Morgan fingerprint density at radius 2 is 1.97 bits per heavy atom. The van der Waals surface area contributed by atoms with Gasteiger partial charge in [0, 0.05) is 24.2 Å². The number of carbonyl (C=O) groups is 1. The van der Waals surface area contributed by atoms with E-state index in [4.69, 9.17) is 4.74 Å². The van der Waals surface area contributed by atoms with Gasteiger partial charge in [0.15, 0.2) is 0 Å². The zero-order valence-corrected chi connectivity index (χ0v) is 16.0. The molecule has 148 valence electrons. The molecule has 3 aromatic rings. The Kier molecular flexibility index (Phi) is 5.03. The number of halogens is 1. The van der Waals surface area contributed by atoms with Crippen molar-refractivity contribution in [1.29, 1.82) is 0 Å². The Balaban J connectivity index is 1.48. The van der Waals surface area contributed by atoms with Crippen LogP contribution in [0, 0.1) is 12.7 Å². The Bertz CT molecular complexity index is 1040. The summed E-state index contributed by atoms with van der Waals surface area (Å²) in [5, 5.41) is 3.14. The van der Waals surface area contributed by atoms with Gasteiger partial charge in [0.05, 0.1) is 12.6 Å². The van der Waals surface area contributed by atoms with Crippen LogP contribution in [0.25, 0.3) is 11.1 Å². The number of cyclic esters (lactones) is 1. The molecule has 0 bridgehead atoms. The maximum absolute atomic E-state index is 13.5. The van der Waals surface area contributed by atoms with Crippen molar-refractivity contribution in [3.05, 3.63) is 60.1 Å². The number of carbonyl (C=O) groups excluding carboxylic acids is 1. The molecule has 0 radical (unpaired) electrons. The highest BCUT2D eigenvalue weighted by atomic mass is 19.1. The minimum atomic E-state index is -0.419. The van der Waals surface area contributed by atoms with Crippen LogP contribution in [0.2, 0.25) is 0 Å². The molecule has 1 N–H and O–H groups in total. The molecule has 1 aliphatic rings. The second-order valence-electron chi connectivity index (χ2n) is 6.66. The first-order valence-corrected chi connectivity index (χ1v) is 9.13. The van der Waals surface area contributed by atoms with Crippen LogP contribution in [0.3, 0.4) is 0 Å². The summed E-state index contributed by atoms with van der Waals surface area (Å²) in [6.07, 6.45) is 4.55. The number of hydrogen-bond acceptors (Lipinski definition) is 7. The van der Waals surface area contributed by atoms with Gasteiger partial charge >= 0.3 is 6.09 Å². The molecule has 0 spiro atoms. The molecule has 1 fully saturated rings. The lowest BCUT2D eigenvalue weighted by Gasteiger charge is -2.15. The van der Waals surface area contributed by atoms with E-state index in [-0.39, 0.29) is 11.9 Å². The van der Waals surface area contributed by atoms with Crippen LogP contribution in [0.15, 0.2) is 42.9 Å². The molecule has 1 aliphatic heterocycles. The van der Waals surface area contributed by atoms with Gasteiger partial charge in [-0.3, -0.25) is 4.90 Å². The molecule has 4 rings (SSSR count). The lowest BCUT2D eigenvalue weighted by atomic mass is 10.1. The van der Waals surface area contributed by atoms with Gasteiger partial charge in [-0.2, -0.15) is 4.98 Å². The minimum absolute atomic E-state index is 0.242. The van der Waals surface area contributed by atoms with Crippen LogP contribution in [-0.4, -0.2) is 39.2 Å². The fraction of sp³-hybridized carbons (Fsp3) is 0.250. The van der Waals surface area contributed by atoms with E-state index >= 15 is 0 Å². The van der Waals surface area contributed by atoms with Crippen LogP contribution < -0.4 is 10.2 Å². The van der Waals surface area contributed by atoms with E-state index in [9.17, 15) is 9.18 Å². The average molecular weight is 394 g/mol. The third kappa shape index (κ3) is 3.98. The van der Waals surface area contributed by atoms with Crippen molar-refractivity contribution in [1.82, 2.24) is 19.9 Å². The van der Waals surface area contributed by atoms with Crippen molar-refractivity contribution in [3.63, 3.8) is 0 Å². The first-order valence-electron chi connectivity index (χ1n) is 9.13. The Hall–Kier alpha value is -3.62. The Morgan fingerprint density at radius 1 is 1.17 bits per heavy atom. The summed E-state index contributed by atoms with van der Waals surface area (Å²) in [5.41, 5.74) is 2.22. The number of ether oxygens (including phenoxy) is 1. The molecule has 9 heteroatoms. The van der Waals surface area contributed by atoms with Gasteiger partial charge in [0.2, 0.25) is 5.95 Å². The lowest BCUT2D eigenvalue weighted by molar-refractivity contribution is 0.181. The van der Waals surface area contributed by atoms with E-state index in [1.807, 2.05) is 6.92 Å². The number of aromatic nitrogens is 4. The highest BCUT2D eigenvalue weighted by Crippen LogP contribution is 2.22. The maximum atomic E-state index is 13.5. The average Bonchev–Trinajstić information content (AvgIpc) is 3.16. The Morgan fingerprint density at radius 3 is 2.66 bits per heavy atom. The van der Waals surface area contributed by atoms with E-state index in [1.54, 1.807) is 43.7 Å². The van der Waals surface area contributed by atoms with E-state index < -0.39 is 6.09 Å². The monoisotopic (exact) mass is 394 g/mol. The second-order valence-corrected chi connectivity index (χ2v) is 6.66. The van der Waals surface area contributed by atoms with Crippen molar-refractivity contribution in [2.75, 3.05) is 23.4 Å². The summed E-state index contributed by atoms with van der Waals surface area (Å²) in [6.45, 7) is 4.40. The predicted octanol–water partition coefficient (Wildman–Crippen LogP) is 3.51. The molecule has 1 atom stereocenters. The van der Waals surface area contributed by atoms with Gasteiger partial charge in [-0.05, 0) is 43.2 Å². The van der Waals surface area contributed by atoms with Gasteiger partial charge in [0.1, 0.15) is 24.1 Å². The van der Waals surface area contributed by atoms with Crippen LogP contribution in [0.5, 0.6) is 0 Å². The fourth-order valence-electron chi connectivity index (χ4n) is 2.96. The van der Waals surface area contributed by atoms with Crippen LogP contribution in [0.1, 0.15) is 24.4 Å². The predicted molar refractivity (Wildman–Crippen MR) is 105 cm³/mol. The van der Waals surface area contributed by atoms with Crippen molar-refractivity contribution in [2.24, 2.45) is 0 Å². The van der Waals surface area contributed by atoms with Crippen LogP contribution >= 0.6 is 0 Å². The number of hydrogen-bond donors (Lipinski definition) is 1. The van der Waals surface area contributed by atoms with Crippen molar-refractivity contribution >= 4 is 17.9 Å². The summed E-state index contributed by atoms with van der Waals surface area (Å²) in [7, 11) is 0. The van der Waals surface area contributed by atoms with E-state index in [0.717, 1.165) is 11.1 Å². The fourth-order valence-corrected chi connectivity index (χ4v) is 2.96. The number of amides is 1. The van der Waals surface area contributed by atoms with Crippen molar-refractivity contribution in [2.45, 2.75) is 19.9 Å². The molecule has 1 amide bonds. The summed E-state index contributed by atoms with van der Waals surface area (Å²) in [4.78, 5) is 30.5. The first-order chi connectivity index (χ1) is 14.0. The Labute approximate surface area is 166 Å².